The molecule has 0 aromatic carbocycles. The fraction of sp³-hybridized carbons (Fsp3) is 0.231. The number of nitrogens with zero attached hydrogens (tertiary/aromatic N) is 3. The van der Waals surface area contributed by atoms with Gasteiger partial charge in [-0.2, -0.15) is 8.42 Å². The highest BCUT2D eigenvalue weighted by Gasteiger charge is 2.17. The average Bonchev–Trinajstić information content (AvgIpc) is 2.95. The maximum atomic E-state index is 12.2. The van der Waals surface area contributed by atoms with Crippen molar-refractivity contribution in [1.29, 1.82) is 0 Å². The Morgan fingerprint density at radius 3 is 2.90 bits per heavy atom. The Labute approximate surface area is 123 Å². The minimum Gasteiger partial charge on any atom is -0.336 e. The number of nitrogens with two attached hydrogens (primary N) is 1. The molecule has 2 heterocycles. The highest BCUT2D eigenvalue weighted by atomic mass is 32.2. The maximum Gasteiger partial charge on any atom is 0.282 e. The van der Waals surface area contributed by atoms with Gasteiger partial charge in [-0.3, -0.25) is 4.72 Å². The van der Waals surface area contributed by atoms with E-state index in [-0.39, 0.29) is 17.4 Å². The van der Waals surface area contributed by atoms with Gasteiger partial charge in [0.05, 0.1) is 12.9 Å². The SMILES string of the molecule is CCn1cnc(S(=O)(=O)Nc2cc(C#CCN)ccn2)c1. The Hall–Kier alpha value is -2.37. The number of aryl methyl sites for hydroxylation is 1. The van der Waals surface area contributed by atoms with Crippen molar-refractivity contribution in [3.63, 3.8) is 0 Å². The Kier molecular flexibility index (Phi) is 4.57. The van der Waals surface area contributed by atoms with E-state index in [0.717, 1.165) is 0 Å². The molecule has 0 saturated carbocycles. The van der Waals surface area contributed by atoms with Gasteiger partial charge in [-0.1, -0.05) is 11.8 Å². The number of hydrogen-bond donors (Lipinski definition) is 2. The van der Waals surface area contributed by atoms with Crippen LogP contribution in [0.1, 0.15) is 12.5 Å². The van der Waals surface area contributed by atoms with Crippen molar-refractivity contribution in [2.75, 3.05) is 11.3 Å². The van der Waals surface area contributed by atoms with Gasteiger partial charge in [0.15, 0.2) is 5.03 Å². The molecule has 0 fully saturated rings. The molecule has 0 unspecified atom stereocenters. The van der Waals surface area contributed by atoms with Crippen LogP contribution in [0.3, 0.4) is 0 Å². The Morgan fingerprint density at radius 2 is 2.24 bits per heavy atom. The van der Waals surface area contributed by atoms with Gasteiger partial charge in [0.25, 0.3) is 10.0 Å². The van der Waals surface area contributed by atoms with Crippen LogP contribution >= 0.6 is 0 Å². The summed E-state index contributed by atoms with van der Waals surface area (Å²) in [5.41, 5.74) is 5.93. The van der Waals surface area contributed by atoms with Gasteiger partial charge in [-0.05, 0) is 19.1 Å². The zero-order valence-corrected chi connectivity index (χ0v) is 12.3. The Bertz CT molecular complexity index is 786. The smallest absolute Gasteiger partial charge is 0.282 e. The highest BCUT2D eigenvalue weighted by Crippen LogP contribution is 2.13. The summed E-state index contributed by atoms with van der Waals surface area (Å²) in [4.78, 5) is 7.83. The van der Waals surface area contributed by atoms with Gasteiger partial charge in [0.1, 0.15) is 5.82 Å². The quantitative estimate of drug-likeness (QED) is 0.796. The lowest BCUT2D eigenvalue weighted by molar-refractivity contribution is 0.598. The van der Waals surface area contributed by atoms with Crippen LogP contribution < -0.4 is 10.5 Å². The summed E-state index contributed by atoms with van der Waals surface area (Å²) in [5, 5.41) is -0.0513. The van der Waals surface area contributed by atoms with Crippen LogP contribution in [-0.4, -0.2) is 29.5 Å². The fourth-order valence-corrected chi connectivity index (χ4v) is 2.51. The zero-order valence-electron chi connectivity index (χ0n) is 11.4. The number of aromatic nitrogens is 3. The molecule has 3 N–H and O–H groups in total. The lowest BCUT2D eigenvalue weighted by Gasteiger charge is -2.04. The molecule has 0 aliphatic heterocycles. The second-order valence-electron chi connectivity index (χ2n) is 4.08. The van der Waals surface area contributed by atoms with Crippen LogP contribution in [-0.2, 0) is 16.6 Å². The number of sulfonamides is 1. The van der Waals surface area contributed by atoms with Crippen molar-refractivity contribution in [2.24, 2.45) is 5.73 Å². The third-order valence-corrected chi connectivity index (χ3v) is 3.82. The second-order valence-corrected chi connectivity index (χ2v) is 5.71. The third kappa shape index (κ3) is 3.81. The van der Waals surface area contributed by atoms with Crippen molar-refractivity contribution in [2.45, 2.75) is 18.5 Å². The summed E-state index contributed by atoms with van der Waals surface area (Å²) in [6.45, 7) is 2.77. The van der Waals surface area contributed by atoms with Crippen LogP contribution in [0.5, 0.6) is 0 Å². The van der Waals surface area contributed by atoms with Crippen molar-refractivity contribution < 1.29 is 8.42 Å². The maximum absolute atomic E-state index is 12.2. The molecule has 0 bridgehead atoms. The summed E-state index contributed by atoms with van der Waals surface area (Å²) in [6.07, 6.45) is 4.40. The first-order valence-corrected chi connectivity index (χ1v) is 7.73. The lowest BCUT2D eigenvalue weighted by Crippen LogP contribution is -2.14. The van der Waals surface area contributed by atoms with Gasteiger partial charge < -0.3 is 10.3 Å². The van der Waals surface area contributed by atoms with Crippen molar-refractivity contribution in [1.82, 2.24) is 14.5 Å². The molecule has 2 aromatic heterocycles. The molecule has 8 heteroatoms. The molecule has 0 radical (unpaired) electrons. The van der Waals surface area contributed by atoms with Crippen molar-refractivity contribution >= 4 is 15.8 Å². The predicted molar refractivity (Wildman–Crippen MR) is 78.9 cm³/mol. The average molecular weight is 305 g/mol. The standard InChI is InChI=1S/C13H15N5O2S/c1-2-18-9-13(16-10-18)21(19,20)17-12-8-11(4-3-6-14)5-7-15-12/h5,7-10H,2,6,14H2,1H3,(H,15,17). The number of pyridine rings is 1. The van der Waals surface area contributed by atoms with Crippen LogP contribution in [0.4, 0.5) is 5.82 Å². The monoisotopic (exact) mass is 305 g/mol. The van der Waals surface area contributed by atoms with E-state index >= 15 is 0 Å². The molecule has 21 heavy (non-hydrogen) atoms. The van der Waals surface area contributed by atoms with Gasteiger partial charge in [0, 0.05) is 24.5 Å². The summed E-state index contributed by atoms with van der Waals surface area (Å²) in [5.74, 6) is 5.69. The van der Waals surface area contributed by atoms with Gasteiger partial charge in [-0.25, -0.2) is 9.97 Å². The van der Waals surface area contributed by atoms with Crippen LogP contribution in [0.2, 0.25) is 0 Å². The Balaban J connectivity index is 2.24. The van der Waals surface area contributed by atoms with E-state index in [1.807, 2.05) is 6.92 Å². The molecule has 2 rings (SSSR count). The van der Waals surface area contributed by atoms with E-state index in [4.69, 9.17) is 5.73 Å². The van der Waals surface area contributed by atoms with Gasteiger partial charge in [-0.15, -0.1) is 0 Å². The second kappa shape index (κ2) is 6.39. The molecular weight excluding hydrogens is 290 g/mol. The van der Waals surface area contributed by atoms with E-state index in [1.165, 1.54) is 24.8 Å². The molecule has 0 aliphatic carbocycles. The first-order valence-electron chi connectivity index (χ1n) is 6.24. The van der Waals surface area contributed by atoms with Crippen molar-refractivity contribution in [3.8, 4) is 11.8 Å². The van der Waals surface area contributed by atoms with Gasteiger partial charge in [0.2, 0.25) is 0 Å². The molecule has 0 aliphatic rings. The fourth-order valence-electron chi connectivity index (χ4n) is 1.56. The number of nitrogens with one attached hydrogen (secondary N) is 1. The number of imidazole rings is 1. The summed E-state index contributed by atoms with van der Waals surface area (Å²) in [7, 11) is -3.76. The largest absolute Gasteiger partial charge is 0.336 e. The number of hydrogen-bond acceptors (Lipinski definition) is 5. The van der Waals surface area contributed by atoms with E-state index in [9.17, 15) is 8.42 Å². The molecule has 0 saturated heterocycles. The van der Waals surface area contributed by atoms with E-state index in [2.05, 4.69) is 26.5 Å². The highest BCUT2D eigenvalue weighted by molar-refractivity contribution is 7.92. The van der Waals surface area contributed by atoms with E-state index in [0.29, 0.717) is 12.1 Å². The van der Waals surface area contributed by atoms with E-state index in [1.54, 1.807) is 10.6 Å². The predicted octanol–water partition coefficient (Wildman–Crippen LogP) is 0.409. The lowest BCUT2D eigenvalue weighted by atomic mass is 10.2. The third-order valence-electron chi connectivity index (χ3n) is 2.58. The topological polar surface area (TPSA) is 103 Å². The molecule has 2 aromatic rings. The molecule has 110 valence electrons. The molecule has 0 spiro atoms. The first kappa shape index (κ1) is 15.0. The number of rotatable bonds is 4. The zero-order chi connectivity index (χ0) is 15.3. The summed E-state index contributed by atoms with van der Waals surface area (Å²) in [6, 6.07) is 3.21. The van der Waals surface area contributed by atoms with Crippen LogP contribution in [0, 0.1) is 11.8 Å². The van der Waals surface area contributed by atoms with Crippen LogP contribution in [0.25, 0.3) is 0 Å². The van der Waals surface area contributed by atoms with E-state index < -0.39 is 10.0 Å². The minimum atomic E-state index is -3.76. The Morgan fingerprint density at radius 1 is 1.43 bits per heavy atom. The molecule has 7 nitrogen and oxygen atoms in total. The summed E-state index contributed by atoms with van der Waals surface area (Å²) >= 11 is 0. The van der Waals surface area contributed by atoms with Crippen LogP contribution in [0.15, 0.2) is 35.9 Å². The summed E-state index contributed by atoms with van der Waals surface area (Å²) < 4.78 is 28.4. The van der Waals surface area contributed by atoms with Gasteiger partial charge >= 0.3 is 0 Å². The van der Waals surface area contributed by atoms with Crippen molar-refractivity contribution in [3.05, 3.63) is 36.4 Å². The first-order chi connectivity index (χ1) is 10.0. The normalized spacial score (nSPS) is 10.8. The molecular formula is C13H15N5O2S. The molecule has 0 atom stereocenters. The minimum absolute atomic E-state index is 0.0513. The molecule has 0 amide bonds. The number of anilines is 1.